The van der Waals surface area contributed by atoms with E-state index >= 15 is 0 Å². The van der Waals surface area contributed by atoms with Crippen LogP contribution in [-0.2, 0) is 11.2 Å². The number of carbonyl (C=O) groups excluding carboxylic acids is 1. The summed E-state index contributed by atoms with van der Waals surface area (Å²) < 4.78 is 5.06. The fraction of sp³-hybridized carbons (Fsp3) is 0.556. The summed E-state index contributed by atoms with van der Waals surface area (Å²) in [5.41, 5.74) is 1.07. The number of aldehydes is 1. The molecule has 0 amide bonds. The van der Waals surface area contributed by atoms with E-state index in [4.69, 9.17) is 4.52 Å². The van der Waals surface area contributed by atoms with E-state index in [1.165, 1.54) is 12.8 Å². The quantitative estimate of drug-likeness (QED) is 0.637. The Hall–Kier alpha value is -1.12. The Bertz CT molecular complexity index is 276. The SMILES string of the molecule is O=CCCc1cc(C2CC2)no1. The molecule has 0 radical (unpaired) electrons. The third kappa shape index (κ3) is 1.55. The standard InChI is InChI=1S/C9H11NO2/c11-5-1-2-8-6-9(10-12-8)7-3-4-7/h5-7H,1-4H2. The van der Waals surface area contributed by atoms with E-state index in [0.29, 0.717) is 18.8 Å². The number of aryl methyl sites for hydroxylation is 1. The van der Waals surface area contributed by atoms with Crippen molar-refractivity contribution in [2.24, 2.45) is 0 Å². The highest BCUT2D eigenvalue weighted by molar-refractivity contribution is 5.49. The molecule has 12 heavy (non-hydrogen) atoms. The van der Waals surface area contributed by atoms with Crippen LogP contribution < -0.4 is 0 Å². The van der Waals surface area contributed by atoms with Crippen LogP contribution in [0, 0.1) is 0 Å². The average Bonchev–Trinajstić information content (AvgIpc) is 2.83. The lowest BCUT2D eigenvalue weighted by Crippen LogP contribution is -1.81. The van der Waals surface area contributed by atoms with E-state index in [2.05, 4.69) is 5.16 Å². The van der Waals surface area contributed by atoms with Gasteiger partial charge in [0.05, 0.1) is 5.69 Å². The average molecular weight is 165 g/mol. The fourth-order valence-electron chi connectivity index (χ4n) is 1.22. The molecule has 0 aromatic carbocycles. The maximum absolute atomic E-state index is 10.1. The number of nitrogens with zero attached hydrogens (tertiary/aromatic N) is 1. The van der Waals surface area contributed by atoms with Gasteiger partial charge in [0, 0.05) is 24.8 Å². The van der Waals surface area contributed by atoms with Gasteiger partial charge in [-0.15, -0.1) is 0 Å². The van der Waals surface area contributed by atoms with Crippen molar-refractivity contribution in [1.29, 1.82) is 0 Å². The Morgan fingerprint density at radius 2 is 2.50 bits per heavy atom. The monoisotopic (exact) mass is 165 g/mol. The van der Waals surface area contributed by atoms with Crippen LogP contribution in [-0.4, -0.2) is 11.4 Å². The summed E-state index contributed by atoms with van der Waals surface area (Å²) in [6, 6.07) is 1.97. The first kappa shape index (κ1) is 7.53. The largest absolute Gasteiger partial charge is 0.361 e. The van der Waals surface area contributed by atoms with Crippen LogP contribution in [0.4, 0.5) is 0 Å². The van der Waals surface area contributed by atoms with Crippen LogP contribution in [0.2, 0.25) is 0 Å². The number of aromatic nitrogens is 1. The summed E-state index contributed by atoms with van der Waals surface area (Å²) >= 11 is 0. The van der Waals surface area contributed by atoms with Crippen LogP contribution in [0.5, 0.6) is 0 Å². The molecular weight excluding hydrogens is 154 g/mol. The van der Waals surface area contributed by atoms with Gasteiger partial charge in [-0.2, -0.15) is 0 Å². The van der Waals surface area contributed by atoms with E-state index in [1.807, 2.05) is 6.07 Å². The molecule has 1 heterocycles. The van der Waals surface area contributed by atoms with E-state index in [9.17, 15) is 4.79 Å². The van der Waals surface area contributed by atoms with Gasteiger partial charge < -0.3 is 9.32 Å². The van der Waals surface area contributed by atoms with Gasteiger partial charge in [-0.05, 0) is 12.8 Å². The molecule has 0 unspecified atom stereocenters. The van der Waals surface area contributed by atoms with Crippen LogP contribution >= 0.6 is 0 Å². The predicted octanol–water partition coefficient (Wildman–Crippen LogP) is 1.68. The smallest absolute Gasteiger partial charge is 0.137 e. The highest BCUT2D eigenvalue weighted by Crippen LogP contribution is 2.39. The van der Waals surface area contributed by atoms with E-state index in [-0.39, 0.29) is 0 Å². The van der Waals surface area contributed by atoms with Crippen molar-refractivity contribution in [3.05, 3.63) is 17.5 Å². The molecule has 3 nitrogen and oxygen atoms in total. The molecule has 1 aliphatic carbocycles. The third-order valence-electron chi connectivity index (χ3n) is 2.08. The highest BCUT2D eigenvalue weighted by Gasteiger charge is 2.26. The van der Waals surface area contributed by atoms with Gasteiger partial charge in [-0.1, -0.05) is 5.16 Å². The molecule has 64 valence electrons. The molecule has 1 saturated carbocycles. The number of rotatable bonds is 4. The summed E-state index contributed by atoms with van der Waals surface area (Å²) in [6.07, 6.45) is 4.58. The molecule has 1 aliphatic rings. The first-order valence-electron chi connectivity index (χ1n) is 4.29. The molecule has 0 N–H and O–H groups in total. The maximum Gasteiger partial charge on any atom is 0.137 e. The van der Waals surface area contributed by atoms with E-state index in [0.717, 1.165) is 17.7 Å². The predicted molar refractivity (Wildman–Crippen MR) is 42.9 cm³/mol. The molecule has 1 aromatic rings. The van der Waals surface area contributed by atoms with Crippen LogP contribution in [0.15, 0.2) is 10.6 Å². The third-order valence-corrected chi connectivity index (χ3v) is 2.08. The van der Waals surface area contributed by atoms with Gasteiger partial charge in [0.25, 0.3) is 0 Å². The van der Waals surface area contributed by atoms with Gasteiger partial charge in [0.1, 0.15) is 12.0 Å². The van der Waals surface area contributed by atoms with Gasteiger partial charge in [-0.25, -0.2) is 0 Å². The van der Waals surface area contributed by atoms with Gasteiger partial charge in [0.2, 0.25) is 0 Å². The number of carbonyl (C=O) groups is 1. The lowest BCUT2D eigenvalue weighted by atomic mass is 10.2. The van der Waals surface area contributed by atoms with Crippen molar-refractivity contribution < 1.29 is 9.32 Å². The molecule has 3 heteroatoms. The summed E-state index contributed by atoms with van der Waals surface area (Å²) in [4.78, 5) is 10.1. The zero-order valence-corrected chi connectivity index (χ0v) is 6.82. The molecule has 2 rings (SSSR count). The van der Waals surface area contributed by atoms with Gasteiger partial charge >= 0.3 is 0 Å². The van der Waals surface area contributed by atoms with E-state index < -0.39 is 0 Å². The molecule has 1 aromatic heterocycles. The second-order valence-corrected chi connectivity index (χ2v) is 3.20. The van der Waals surface area contributed by atoms with Gasteiger partial charge in [0.15, 0.2) is 0 Å². The molecular formula is C9H11NO2. The molecule has 0 aliphatic heterocycles. The normalized spacial score (nSPS) is 16.3. The minimum atomic E-state index is 0.527. The summed E-state index contributed by atoms with van der Waals surface area (Å²) in [5.74, 6) is 1.47. The summed E-state index contributed by atoms with van der Waals surface area (Å²) in [6.45, 7) is 0. The maximum atomic E-state index is 10.1. The van der Waals surface area contributed by atoms with Gasteiger partial charge in [-0.3, -0.25) is 0 Å². The van der Waals surface area contributed by atoms with Crippen LogP contribution in [0.25, 0.3) is 0 Å². The van der Waals surface area contributed by atoms with Crippen LogP contribution in [0.3, 0.4) is 0 Å². The molecule has 0 atom stereocenters. The molecule has 1 fully saturated rings. The topological polar surface area (TPSA) is 43.1 Å². The lowest BCUT2D eigenvalue weighted by molar-refractivity contribution is -0.107. The minimum Gasteiger partial charge on any atom is -0.361 e. The van der Waals surface area contributed by atoms with E-state index in [1.54, 1.807) is 0 Å². The zero-order chi connectivity index (χ0) is 8.39. The Balaban J connectivity index is 1.98. The Kier molecular flexibility index (Phi) is 1.94. The van der Waals surface area contributed by atoms with Crippen molar-refractivity contribution in [3.63, 3.8) is 0 Å². The van der Waals surface area contributed by atoms with Crippen LogP contribution in [0.1, 0.15) is 36.6 Å². The Labute approximate surface area is 70.7 Å². The Morgan fingerprint density at radius 1 is 1.67 bits per heavy atom. The van der Waals surface area contributed by atoms with Crippen molar-refractivity contribution in [2.75, 3.05) is 0 Å². The molecule has 0 spiro atoms. The second kappa shape index (κ2) is 3.09. The zero-order valence-electron chi connectivity index (χ0n) is 6.82. The summed E-state index contributed by atoms with van der Waals surface area (Å²) in [7, 11) is 0. The first-order chi connectivity index (χ1) is 5.90. The number of hydrogen-bond donors (Lipinski definition) is 0. The number of hydrogen-bond acceptors (Lipinski definition) is 3. The fourth-order valence-corrected chi connectivity index (χ4v) is 1.22. The second-order valence-electron chi connectivity index (χ2n) is 3.20. The summed E-state index contributed by atoms with van der Waals surface area (Å²) in [5, 5.41) is 3.94. The minimum absolute atomic E-state index is 0.527. The first-order valence-corrected chi connectivity index (χ1v) is 4.29. The van der Waals surface area contributed by atoms with Crippen molar-refractivity contribution in [1.82, 2.24) is 5.16 Å². The Morgan fingerprint density at radius 3 is 3.17 bits per heavy atom. The molecule has 0 saturated heterocycles. The lowest BCUT2D eigenvalue weighted by Gasteiger charge is -1.83. The van der Waals surface area contributed by atoms with Crippen molar-refractivity contribution in [2.45, 2.75) is 31.6 Å². The van der Waals surface area contributed by atoms with Crippen molar-refractivity contribution >= 4 is 6.29 Å². The van der Waals surface area contributed by atoms with Crippen molar-refractivity contribution in [3.8, 4) is 0 Å². The highest BCUT2D eigenvalue weighted by atomic mass is 16.5. The molecule has 0 bridgehead atoms.